The van der Waals surface area contributed by atoms with Gasteiger partial charge in [0.1, 0.15) is 5.69 Å². The molecule has 0 atom stereocenters. The number of benzene rings is 2. The van der Waals surface area contributed by atoms with E-state index in [-0.39, 0.29) is 11.7 Å². The zero-order chi connectivity index (χ0) is 25.7. The fraction of sp³-hybridized carbons (Fsp3) is 0.357. The fourth-order valence-electron chi connectivity index (χ4n) is 4.85. The van der Waals surface area contributed by atoms with Crippen molar-refractivity contribution in [1.29, 1.82) is 0 Å². The molecule has 1 saturated carbocycles. The molecule has 0 spiro atoms. The highest BCUT2D eigenvalue weighted by Gasteiger charge is 2.25. The summed E-state index contributed by atoms with van der Waals surface area (Å²) >= 11 is 3.41. The smallest absolute Gasteiger partial charge is 0.352 e. The molecule has 7 nitrogen and oxygen atoms in total. The number of anilines is 3. The molecule has 190 valence electrons. The van der Waals surface area contributed by atoms with Crippen LogP contribution >= 0.6 is 15.9 Å². The minimum atomic E-state index is -1.00. The summed E-state index contributed by atoms with van der Waals surface area (Å²) in [5.74, 6) is -0.561. The number of carboxylic acids is 1. The molecule has 2 amide bonds. The van der Waals surface area contributed by atoms with Gasteiger partial charge in [0, 0.05) is 34.6 Å². The number of carbonyl (C=O) groups is 2. The molecule has 2 aromatic carbocycles. The van der Waals surface area contributed by atoms with E-state index in [1.807, 2.05) is 42.5 Å². The number of halogens is 1. The summed E-state index contributed by atoms with van der Waals surface area (Å²) < 4.78 is 2.55. The largest absolute Gasteiger partial charge is 0.477 e. The van der Waals surface area contributed by atoms with E-state index in [1.165, 1.54) is 19.3 Å². The van der Waals surface area contributed by atoms with E-state index in [1.54, 1.807) is 22.9 Å². The van der Waals surface area contributed by atoms with E-state index < -0.39 is 5.97 Å². The number of nitrogens with one attached hydrogen (secondary N) is 2. The van der Waals surface area contributed by atoms with Gasteiger partial charge >= 0.3 is 12.0 Å². The van der Waals surface area contributed by atoms with Gasteiger partial charge in [0.05, 0.1) is 11.4 Å². The molecule has 1 aliphatic rings. The standard InChI is InChI=1S/C28H33BrN4O3/c1-19(2)18-33(22-7-4-3-5-8-22)25-15-14-23(32-16-6-9-26(32)27(34)35)17-24(25)31-28(36)30-21-12-10-20(29)11-13-21/h6,9-17,19,22H,3-5,7-8,18H2,1-2H3,(H,34,35)(H2,30,31,36). The zero-order valence-corrected chi connectivity index (χ0v) is 22.3. The van der Waals surface area contributed by atoms with Crippen molar-refractivity contribution in [2.75, 3.05) is 22.1 Å². The first-order valence-corrected chi connectivity index (χ1v) is 13.3. The number of urea groups is 1. The SMILES string of the molecule is CC(C)CN(c1ccc(-n2cccc2C(=O)O)cc1NC(=O)Nc1ccc(Br)cc1)C1CCCCC1. The summed E-state index contributed by atoms with van der Waals surface area (Å²) in [4.78, 5) is 27.2. The lowest BCUT2D eigenvalue weighted by atomic mass is 9.93. The Kier molecular flexibility index (Phi) is 8.36. The minimum Gasteiger partial charge on any atom is -0.477 e. The Morgan fingerprint density at radius 2 is 1.78 bits per heavy atom. The van der Waals surface area contributed by atoms with Crippen molar-refractivity contribution in [3.63, 3.8) is 0 Å². The highest BCUT2D eigenvalue weighted by Crippen LogP contribution is 2.35. The Morgan fingerprint density at radius 1 is 1.06 bits per heavy atom. The number of carboxylic acid groups (broad SMARTS) is 1. The second kappa shape index (κ2) is 11.6. The third-order valence-corrected chi connectivity index (χ3v) is 6.99. The van der Waals surface area contributed by atoms with Crippen LogP contribution < -0.4 is 15.5 Å². The number of aromatic nitrogens is 1. The van der Waals surface area contributed by atoms with Crippen LogP contribution in [0.25, 0.3) is 5.69 Å². The van der Waals surface area contributed by atoms with Gasteiger partial charge < -0.3 is 25.2 Å². The number of carbonyl (C=O) groups excluding carboxylic acids is 1. The van der Waals surface area contributed by atoms with Crippen LogP contribution in [0.1, 0.15) is 56.4 Å². The maximum absolute atomic E-state index is 13.1. The summed E-state index contributed by atoms with van der Waals surface area (Å²) in [5.41, 5.74) is 3.12. The van der Waals surface area contributed by atoms with Gasteiger partial charge in [-0.05, 0) is 73.4 Å². The summed E-state index contributed by atoms with van der Waals surface area (Å²) in [6.45, 7) is 5.28. The predicted octanol–water partition coefficient (Wildman–Crippen LogP) is 7.38. The number of hydrogen-bond acceptors (Lipinski definition) is 3. The number of amides is 2. The van der Waals surface area contributed by atoms with Crippen LogP contribution in [0.15, 0.2) is 65.3 Å². The topological polar surface area (TPSA) is 86.6 Å². The van der Waals surface area contributed by atoms with Crippen LogP contribution in [0.3, 0.4) is 0 Å². The van der Waals surface area contributed by atoms with Gasteiger partial charge in [-0.2, -0.15) is 0 Å². The van der Waals surface area contributed by atoms with Gasteiger partial charge in [-0.1, -0.05) is 49.0 Å². The Morgan fingerprint density at radius 3 is 2.44 bits per heavy atom. The predicted molar refractivity (Wildman–Crippen MR) is 149 cm³/mol. The Labute approximate surface area is 220 Å². The van der Waals surface area contributed by atoms with E-state index in [2.05, 4.69) is 45.3 Å². The van der Waals surface area contributed by atoms with Gasteiger partial charge in [0.25, 0.3) is 0 Å². The van der Waals surface area contributed by atoms with Crippen molar-refractivity contribution in [2.24, 2.45) is 5.92 Å². The average molecular weight is 554 g/mol. The summed E-state index contributed by atoms with van der Waals surface area (Å²) in [6.07, 6.45) is 7.64. The van der Waals surface area contributed by atoms with Crippen LogP contribution in [0.2, 0.25) is 0 Å². The summed E-state index contributed by atoms with van der Waals surface area (Å²) in [7, 11) is 0. The van der Waals surface area contributed by atoms with Crippen LogP contribution in [0, 0.1) is 5.92 Å². The molecule has 0 radical (unpaired) electrons. The Hall–Kier alpha value is -3.26. The first-order chi connectivity index (χ1) is 17.3. The third kappa shape index (κ3) is 6.29. The van der Waals surface area contributed by atoms with Gasteiger partial charge in [-0.25, -0.2) is 9.59 Å². The van der Waals surface area contributed by atoms with E-state index in [4.69, 9.17) is 0 Å². The van der Waals surface area contributed by atoms with E-state index in [9.17, 15) is 14.7 Å². The maximum atomic E-state index is 13.1. The van der Waals surface area contributed by atoms with Crippen molar-refractivity contribution in [3.8, 4) is 5.69 Å². The summed E-state index contributed by atoms with van der Waals surface area (Å²) in [6, 6.07) is 16.5. The first kappa shape index (κ1) is 25.8. The normalized spacial score (nSPS) is 14.0. The number of aromatic carboxylic acids is 1. The van der Waals surface area contributed by atoms with Gasteiger partial charge in [0.2, 0.25) is 0 Å². The lowest BCUT2D eigenvalue weighted by Gasteiger charge is -2.38. The van der Waals surface area contributed by atoms with Crippen LogP contribution in [-0.2, 0) is 0 Å². The highest BCUT2D eigenvalue weighted by molar-refractivity contribution is 9.10. The Bertz CT molecular complexity index is 1200. The van der Waals surface area contributed by atoms with Crippen molar-refractivity contribution >= 4 is 45.0 Å². The van der Waals surface area contributed by atoms with Crippen molar-refractivity contribution < 1.29 is 14.7 Å². The van der Waals surface area contributed by atoms with E-state index in [0.717, 1.165) is 29.5 Å². The fourth-order valence-corrected chi connectivity index (χ4v) is 5.12. The molecule has 4 rings (SSSR count). The number of hydrogen-bond donors (Lipinski definition) is 3. The second-order valence-electron chi connectivity index (χ2n) is 9.69. The molecule has 3 N–H and O–H groups in total. The maximum Gasteiger partial charge on any atom is 0.352 e. The molecule has 1 aliphatic carbocycles. The van der Waals surface area contributed by atoms with Gasteiger partial charge in [-0.15, -0.1) is 0 Å². The van der Waals surface area contributed by atoms with Crippen molar-refractivity contribution in [2.45, 2.75) is 52.0 Å². The molecule has 3 aromatic rings. The lowest BCUT2D eigenvalue weighted by molar-refractivity contribution is 0.0688. The molecule has 36 heavy (non-hydrogen) atoms. The molecular formula is C28H33BrN4O3. The van der Waals surface area contributed by atoms with Crippen LogP contribution in [0.5, 0.6) is 0 Å². The summed E-state index contributed by atoms with van der Waals surface area (Å²) in [5, 5.41) is 15.6. The number of rotatable bonds is 8. The molecule has 8 heteroatoms. The highest BCUT2D eigenvalue weighted by atomic mass is 79.9. The molecule has 0 saturated heterocycles. The third-order valence-electron chi connectivity index (χ3n) is 6.46. The van der Waals surface area contributed by atoms with E-state index >= 15 is 0 Å². The second-order valence-corrected chi connectivity index (χ2v) is 10.6. The molecule has 1 fully saturated rings. The first-order valence-electron chi connectivity index (χ1n) is 12.5. The molecule has 1 heterocycles. The van der Waals surface area contributed by atoms with Crippen LogP contribution in [-0.4, -0.2) is 34.3 Å². The molecular weight excluding hydrogens is 520 g/mol. The van der Waals surface area contributed by atoms with E-state index in [0.29, 0.717) is 29.0 Å². The van der Waals surface area contributed by atoms with Crippen LogP contribution in [0.4, 0.5) is 21.9 Å². The monoisotopic (exact) mass is 552 g/mol. The molecule has 1 aromatic heterocycles. The Balaban J connectivity index is 1.71. The quantitative estimate of drug-likeness (QED) is 0.272. The van der Waals surface area contributed by atoms with Crippen molar-refractivity contribution in [3.05, 3.63) is 71.0 Å². The minimum absolute atomic E-state index is 0.166. The molecule has 0 aliphatic heterocycles. The molecule has 0 unspecified atom stereocenters. The lowest BCUT2D eigenvalue weighted by Crippen LogP contribution is -2.40. The number of nitrogens with zero attached hydrogens (tertiary/aromatic N) is 2. The zero-order valence-electron chi connectivity index (χ0n) is 20.7. The molecule has 0 bridgehead atoms. The van der Waals surface area contributed by atoms with Gasteiger partial charge in [-0.3, -0.25) is 0 Å². The average Bonchev–Trinajstić information content (AvgIpc) is 3.35. The van der Waals surface area contributed by atoms with Gasteiger partial charge in [0.15, 0.2) is 0 Å². The van der Waals surface area contributed by atoms with Crippen molar-refractivity contribution in [1.82, 2.24) is 4.57 Å².